The van der Waals surface area contributed by atoms with Crippen LogP contribution in [0.3, 0.4) is 0 Å². The van der Waals surface area contributed by atoms with E-state index < -0.39 is 18.1 Å². The maximum Gasteiger partial charge on any atom is 0.255 e. The number of aldehydes is 1. The fourth-order valence-corrected chi connectivity index (χ4v) is 1.16. The van der Waals surface area contributed by atoms with Gasteiger partial charge in [0.2, 0.25) is 0 Å². The van der Waals surface area contributed by atoms with Crippen molar-refractivity contribution < 1.29 is 19.8 Å². The first-order chi connectivity index (χ1) is 7.56. The molecule has 0 aliphatic rings. The van der Waals surface area contributed by atoms with E-state index in [-0.39, 0.29) is 11.3 Å². The van der Waals surface area contributed by atoms with Crippen LogP contribution in [-0.4, -0.2) is 34.6 Å². The molecule has 1 rings (SSSR count). The zero-order valence-electron chi connectivity index (χ0n) is 8.75. The lowest BCUT2D eigenvalue weighted by atomic mass is 10.1. The van der Waals surface area contributed by atoms with E-state index >= 15 is 0 Å². The van der Waals surface area contributed by atoms with Gasteiger partial charge in [0.15, 0.2) is 0 Å². The average Bonchev–Trinajstić information content (AvgIpc) is 2.25. The minimum absolute atomic E-state index is 0.0648. The fraction of sp³-hybridized carbons (Fsp3) is 0.273. The second kappa shape index (κ2) is 5.27. The van der Waals surface area contributed by atoms with E-state index in [1.54, 1.807) is 12.1 Å². The largest absolute Gasteiger partial charge is 0.507 e. The van der Waals surface area contributed by atoms with E-state index in [0.717, 1.165) is 0 Å². The molecule has 0 unspecified atom stereocenters. The lowest BCUT2D eigenvalue weighted by Crippen LogP contribution is -2.43. The Morgan fingerprint density at radius 3 is 2.56 bits per heavy atom. The number of aliphatic hydroxyl groups excluding tert-OH is 1. The molecule has 0 heterocycles. The third-order valence-corrected chi connectivity index (χ3v) is 2.11. The quantitative estimate of drug-likeness (QED) is 0.630. The number of aliphatic hydroxyl groups is 1. The molecule has 5 heteroatoms. The molecule has 0 aliphatic heterocycles. The lowest BCUT2D eigenvalue weighted by Gasteiger charge is -2.15. The highest BCUT2D eigenvalue weighted by molar-refractivity contribution is 5.98. The van der Waals surface area contributed by atoms with E-state index in [0.29, 0.717) is 6.29 Å². The highest BCUT2D eigenvalue weighted by atomic mass is 16.3. The third-order valence-electron chi connectivity index (χ3n) is 2.11. The first-order valence-corrected chi connectivity index (χ1v) is 4.78. The number of hydrogen-bond acceptors (Lipinski definition) is 4. The number of rotatable bonds is 4. The predicted molar refractivity (Wildman–Crippen MR) is 57.1 cm³/mol. The zero-order valence-corrected chi connectivity index (χ0v) is 8.75. The molecule has 1 aromatic carbocycles. The van der Waals surface area contributed by atoms with E-state index in [1.807, 2.05) is 0 Å². The number of phenols is 1. The summed E-state index contributed by atoms with van der Waals surface area (Å²) in [7, 11) is 0. The molecule has 1 aromatic rings. The average molecular weight is 223 g/mol. The van der Waals surface area contributed by atoms with Gasteiger partial charge in [0.25, 0.3) is 5.91 Å². The molecular weight excluding hydrogens is 210 g/mol. The van der Waals surface area contributed by atoms with Crippen LogP contribution in [-0.2, 0) is 4.79 Å². The molecule has 0 saturated carbocycles. The molecule has 0 aliphatic carbocycles. The molecule has 16 heavy (non-hydrogen) atoms. The van der Waals surface area contributed by atoms with Gasteiger partial charge in [-0.05, 0) is 19.1 Å². The maximum atomic E-state index is 11.6. The molecule has 0 spiro atoms. The van der Waals surface area contributed by atoms with Crippen molar-refractivity contribution >= 4 is 12.2 Å². The van der Waals surface area contributed by atoms with Gasteiger partial charge in [-0.15, -0.1) is 0 Å². The van der Waals surface area contributed by atoms with Gasteiger partial charge < -0.3 is 20.3 Å². The van der Waals surface area contributed by atoms with Crippen LogP contribution in [0.15, 0.2) is 24.3 Å². The SMILES string of the molecule is C[C@@H](O)[C@@H](C=O)NC(=O)c1ccccc1O. The summed E-state index contributed by atoms with van der Waals surface area (Å²) < 4.78 is 0. The van der Waals surface area contributed by atoms with Crippen LogP contribution in [0.4, 0.5) is 0 Å². The molecule has 3 N–H and O–H groups in total. The number of carbonyl (C=O) groups is 2. The summed E-state index contributed by atoms with van der Waals surface area (Å²) in [5.74, 6) is -0.772. The number of nitrogens with one attached hydrogen (secondary N) is 1. The number of para-hydroxylation sites is 1. The summed E-state index contributed by atoms with van der Waals surface area (Å²) in [6.07, 6.45) is -0.532. The summed E-state index contributed by atoms with van der Waals surface area (Å²) in [6, 6.07) is 4.99. The molecule has 2 atom stereocenters. The summed E-state index contributed by atoms with van der Waals surface area (Å²) in [5, 5.41) is 20.9. The second-order valence-corrected chi connectivity index (χ2v) is 3.39. The highest BCUT2D eigenvalue weighted by Crippen LogP contribution is 2.15. The van der Waals surface area contributed by atoms with Gasteiger partial charge in [0, 0.05) is 0 Å². The van der Waals surface area contributed by atoms with Gasteiger partial charge in [-0.2, -0.15) is 0 Å². The van der Waals surface area contributed by atoms with Crippen LogP contribution in [0.2, 0.25) is 0 Å². The number of carbonyl (C=O) groups excluding carboxylic acids is 2. The molecule has 0 bridgehead atoms. The van der Waals surface area contributed by atoms with Crippen molar-refractivity contribution in [1.82, 2.24) is 5.32 Å². The predicted octanol–water partition coefficient (Wildman–Crippen LogP) is 0.0703. The van der Waals surface area contributed by atoms with Gasteiger partial charge in [0.05, 0.1) is 11.7 Å². The minimum atomic E-state index is -0.980. The van der Waals surface area contributed by atoms with E-state index in [9.17, 15) is 14.7 Å². The topological polar surface area (TPSA) is 86.6 Å². The summed E-state index contributed by atoms with van der Waals surface area (Å²) in [5.41, 5.74) is 0.0648. The van der Waals surface area contributed by atoms with Gasteiger partial charge in [-0.25, -0.2) is 0 Å². The Morgan fingerprint density at radius 1 is 1.44 bits per heavy atom. The van der Waals surface area contributed by atoms with Gasteiger partial charge >= 0.3 is 0 Å². The van der Waals surface area contributed by atoms with Crippen molar-refractivity contribution in [2.24, 2.45) is 0 Å². The van der Waals surface area contributed by atoms with Gasteiger partial charge in [-0.1, -0.05) is 12.1 Å². The Labute approximate surface area is 92.7 Å². The molecule has 5 nitrogen and oxygen atoms in total. The van der Waals surface area contributed by atoms with E-state index in [4.69, 9.17) is 5.11 Å². The van der Waals surface area contributed by atoms with Crippen molar-refractivity contribution in [2.75, 3.05) is 0 Å². The van der Waals surface area contributed by atoms with E-state index in [1.165, 1.54) is 19.1 Å². The summed E-state index contributed by atoms with van der Waals surface area (Å²) >= 11 is 0. The Bertz CT molecular complexity index is 389. The summed E-state index contributed by atoms with van der Waals surface area (Å²) in [6.45, 7) is 1.39. The number of aromatic hydroxyl groups is 1. The van der Waals surface area contributed by atoms with Crippen molar-refractivity contribution in [3.63, 3.8) is 0 Å². The minimum Gasteiger partial charge on any atom is -0.507 e. The number of benzene rings is 1. The number of hydrogen-bond donors (Lipinski definition) is 3. The molecule has 0 radical (unpaired) electrons. The van der Waals surface area contributed by atoms with Crippen LogP contribution >= 0.6 is 0 Å². The Morgan fingerprint density at radius 2 is 2.06 bits per heavy atom. The molecule has 86 valence electrons. The standard InChI is InChI=1S/C11H13NO4/c1-7(14)9(6-13)12-11(16)8-4-2-3-5-10(8)15/h2-7,9,14-15H,1H3,(H,12,16)/t7-,9-/m1/s1. The normalized spacial score (nSPS) is 13.9. The molecule has 1 amide bonds. The first-order valence-electron chi connectivity index (χ1n) is 4.78. The molecular formula is C11H13NO4. The van der Waals surface area contributed by atoms with Crippen LogP contribution in [0, 0.1) is 0 Å². The van der Waals surface area contributed by atoms with Gasteiger partial charge in [0.1, 0.15) is 18.1 Å². The summed E-state index contributed by atoms with van der Waals surface area (Å²) in [4.78, 5) is 22.2. The number of phenolic OH excluding ortho intramolecular Hbond substituents is 1. The lowest BCUT2D eigenvalue weighted by molar-refractivity contribution is -0.111. The maximum absolute atomic E-state index is 11.6. The van der Waals surface area contributed by atoms with Crippen LogP contribution in [0.1, 0.15) is 17.3 Å². The van der Waals surface area contributed by atoms with Crippen molar-refractivity contribution in [3.05, 3.63) is 29.8 Å². The monoisotopic (exact) mass is 223 g/mol. The molecule has 0 aromatic heterocycles. The van der Waals surface area contributed by atoms with Crippen LogP contribution in [0.25, 0.3) is 0 Å². The van der Waals surface area contributed by atoms with Crippen LogP contribution in [0.5, 0.6) is 5.75 Å². The van der Waals surface area contributed by atoms with Crippen LogP contribution < -0.4 is 5.32 Å². The smallest absolute Gasteiger partial charge is 0.255 e. The molecule has 0 saturated heterocycles. The van der Waals surface area contributed by atoms with Crippen molar-refractivity contribution in [3.8, 4) is 5.75 Å². The van der Waals surface area contributed by atoms with Crippen molar-refractivity contribution in [1.29, 1.82) is 0 Å². The second-order valence-electron chi connectivity index (χ2n) is 3.39. The molecule has 0 fully saturated rings. The zero-order chi connectivity index (χ0) is 12.1. The fourth-order valence-electron chi connectivity index (χ4n) is 1.16. The number of amides is 1. The Hall–Kier alpha value is -1.88. The highest BCUT2D eigenvalue weighted by Gasteiger charge is 2.18. The van der Waals surface area contributed by atoms with Crippen molar-refractivity contribution in [2.45, 2.75) is 19.1 Å². The van der Waals surface area contributed by atoms with E-state index in [2.05, 4.69) is 5.32 Å². The van der Waals surface area contributed by atoms with Gasteiger partial charge in [-0.3, -0.25) is 4.79 Å². The Kier molecular flexibility index (Phi) is 4.02. The third kappa shape index (κ3) is 2.80. The Balaban J connectivity index is 2.80. The first kappa shape index (κ1) is 12.2.